The van der Waals surface area contributed by atoms with E-state index in [4.69, 9.17) is 5.73 Å². The second kappa shape index (κ2) is 4.51. The van der Waals surface area contributed by atoms with Gasteiger partial charge in [-0.2, -0.15) is 0 Å². The molecule has 0 saturated carbocycles. The first-order chi connectivity index (χ1) is 4.88. The summed E-state index contributed by atoms with van der Waals surface area (Å²) in [5.41, 5.74) is 5.50. The van der Waals surface area contributed by atoms with E-state index in [9.17, 15) is 0 Å². The quantitative estimate of drug-likeness (QED) is 0.465. The van der Waals surface area contributed by atoms with Crippen molar-refractivity contribution in [3.63, 3.8) is 0 Å². The maximum absolute atomic E-state index is 5.50. The van der Waals surface area contributed by atoms with Crippen LogP contribution in [0.5, 0.6) is 0 Å². The van der Waals surface area contributed by atoms with Crippen LogP contribution in [0.4, 0.5) is 0 Å². The van der Waals surface area contributed by atoms with Gasteiger partial charge in [0.25, 0.3) is 0 Å². The highest BCUT2D eigenvalue weighted by Gasteiger charge is 2.21. The highest BCUT2D eigenvalue weighted by molar-refractivity contribution is 14.1. The van der Waals surface area contributed by atoms with E-state index in [0.717, 1.165) is 12.6 Å². The second-order valence-corrected chi connectivity index (χ2v) is 3.49. The van der Waals surface area contributed by atoms with E-state index in [1.165, 1.54) is 30.4 Å². The van der Waals surface area contributed by atoms with Crippen molar-refractivity contribution in [3.8, 4) is 0 Å². The zero-order chi connectivity index (χ0) is 7.40. The van der Waals surface area contributed by atoms with Crippen molar-refractivity contribution in [2.24, 2.45) is 5.73 Å². The van der Waals surface area contributed by atoms with Gasteiger partial charge in [0, 0.05) is 6.04 Å². The van der Waals surface area contributed by atoms with Crippen LogP contribution in [0.2, 0.25) is 0 Å². The van der Waals surface area contributed by atoms with Crippen molar-refractivity contribution in [2.75, 3.05) is 17.6 Å². The van der Waals surface area contributed by atoms with Crippen molar-refractivity contribution >= 4 is 22.6 Å². The zero-order valence-corrected chi connectivity index (χ0v) is 8.38. The summed E-state index contributed by atoms with van der Waals surface area (Å²) in [6, 6.07) is 0.793. The van der Waals surface area contributed by atoms with E-state index in [-0.39, 0.29) is 0 Å². The minimum absolute atomic E-state index is 0.793. The predicted molar refractivity (Wildman–Crippen MR) is 52.3 cm³/mol. The third-order valence-electron chi connectivity index (χ3n) is 2.15. The highest BCUT2D eigenvalue weighted by Crippen LogP contribution is 2.19. The van der Waals surface area contributed by atoms with E-state index < -0.39 is 0 Å². The summed E-state index contributed by atoms with van der Waals surface area (Å²) in [6.07, 6.45) is 3.91. The Labute approximate surface area is 76.3 Å². The minimum Gasteiger partial charge on any atom is -0.330 e. The van der Waals surface area contributed by atoms with Crippen LogP contribution in [0.3, 0.4) is 0 Å². The number of hydrogen-bond acceptors (Lipinski definition) is 2. The summed E-state index contributed by atoms with van der Waals surface area (Å²) < 4.78 is 1.17. The molecule has 2 N–H and O–H groups in total. The largest absolute Gasteiger partial charge is 0.330 e. The molecular weight excluding hydrogens is 239 g/mol. The van der Waals surface area contributed by atoms with Crippen molar-refractivity contribution < 1.29 is 0 Å². The monoisotopic (exact) mass is 254 g/mol. The third kappa shape index (κ3) is 2.07. The molecule has 0 bridgehead atoms. The standard InChI is InChI=1S/C7H15IN2/c8-6-10-5-1-2-7(10)3-4-9/h7H,1-6,9H2. The number of hydrogen-bond donors (Lipinski definition) is 1. The van der Waals surface area contributed by atoms with E-state index >= 15 is 0 Å². The minimum atomic E-state index is 0.793. The normalized spacial score (nSPS) is 27.6. The maximum Gasteiger partial charge on any atom is 0.0508 e. The van der Waals surface area contributed by atoms with Gasteiger partial charge in [0.1, 0.15) is 0 Å². The van der Waals surface area contributed by atoms with Crippen LogP contribution in [-0.2, 0) is 0 Å². The smallest absolute Gasteiger partial charge is 0.0508 e. The molecule has 60 valence electrons. The number of halogens is 1. The summed E-state index contributed by atoms with van der Waals surface area (Å²) in [5.74, 6) is 0. The molecule has 0 spiro atoms. The number of nitrogens with zero attached hydrogens (tertiary/aromatic N) is 1. The van der Waals surface area contributed by atoms with Gasteiger partial charge in [-0.3, -0.25) is 4.90 Å². The molecule has 0 radical (unpaired) electrons. The van der Waals surface area contributed by atoms with Crippen LogP contribution in [0.15, 0.2) is 0 Å². The van der Waals surface area contributed by atoms with Gasteiger partial charge >= 0.3 is 0 Å². The average molecular weight is 254 g/mol. The lowest BCUT2D eigenvalue weighted by molar-refractivity contribution is 0.293. The van der Waals surface area contributed by atoms with Crippen molar-refractivity contribution in [1.29, 1.82) is 0 Å². The molecule has 0 aromatic carbocycles. The predicted octanol–water partition coefficient (Wildman–Crippen LogP) is 1.19. The Kier molecular flexibility index (Phi) is 3.95. The zero-order valence-electron chi connectivity index (χ0n) is 6.22. The van der Waals surface area contributed by atoms with Crippen LogP contribution in [0.25, 0.3) is 0 Å². The Balaban J connectivity index is 2.27. The lowest BCUT2D eigenvalue weighted by atomic mass is 10.1. The fourth-order valence-electron chi connectivity index (χ4n) is 1.57. The number of rotatable bonds is 3. The van der Waals surface area contributed by atoms with Gasteiger partial charge in [-0.15, -0.1) is 0 Å². The fraction of sp³-hybridized carbons (Fsp3) is 1.00. The molecule has 1 unspecified atom stereocenters. The first kappa shape index (κ1) is 8.74. The molecule has 2 nitrogen and oxygen atoms in total. The summed E-state index contributed by atoms with van der Waals surface area (Å²) >= 11 is 2.43. The Hall–Kier alpha value is 0.650. The van der Waals surface area contributed by atoms with Crippen LogP contribution in [0, 0.1) is 0 Å². The molecule has 1 rings (SSSR count). The molecule has 0 aromatic heterocycles. The van der Waals surface area contributed by atoms with Gasteiger partial charge in [-0.05, 0) is 32.4 Å². The van der Waals surface area contributed by atoms with Gasteiger partial charge in [0.05, 0.1) is 4.55 Å². The van der Waals surface area contributed by atoms with E-state index in [1.807, 2.05) is 0 Å². The lowest BCUT2D eigenvalue weighted by Gasteiger charge is -2.20. The van der Waals surface area contributed by atoms with E-state index in [1.54, 1.807) is 0 Å². The molecule has 1 fully saturated rings. The third-order valence-corrected chi connectivity index (χ3v) is 3.03. The number of likely N-dealkylation sites (tertiary alicyclic amines) is 1. The van der Waals surface area contributed by atoms with Crippen LogP contribution >= 0.6 is 22.6 Å². The van der Waals surface area contributed by atoms with Crippen molar-refractivity contribution in [1.82, 2.24) is 4.90 Å². The summed E-state index contributed by atoms with van der Waals surface area (Å²) in [5, 5.41) is 0. The molecule has 0 amide bonds. The Morgan fingerprint density at radius 3 is 3.00 bits per heavy atom. The second-order valence-electron chi connectivity index (χ2n) is 2.81. The van der Waals surface area contributed by atoms with Gasteiger partial charge in [0.2, 0.25) is 0 Å². The topological polar surface area (TPSA) is 29.3 Å². The van der Waals surface area contributed by atoms with Gasteiger partial charge in [-0.25, -0.2) is 0 Å². The Bertz CT molecular complexity index is 97.6. The molecule has 1 aliphatic rings. The van der Waals surface area contributed by atoms with E-state index in [0.29, 0.717) is 0 Å². The Morgan fingerprint density at radius 2 is 2.40 bits per heavy atom. The fourth-order valence-corrected chi connectivity index (χ4v) is 2.47. The molecule has 1 atom stereocenters. The molecule has 1 saturated heterocycles. The van der Waals surface area contributed by atoms with Crippen LogP contribution in [-0.4, -0.2) is 28.6 Å². The average Bonchev–Trinajstić information content (AvgIpc) is 2.36. The first-order valence-corrected chi connectivity index (χ1v) is 5.41. The highest BCUT2D eigenvalue weighted by atomic mass is 127. The molecule has 3 heteroatoms. The summed E-state index contributed by atoms with van der Waals surface area (Å²) in [4.78, 5) is 2.52. The van der Waals surface area contributed by atoms with Gasteiger partial charge in [-0.1, -0.05) is 22.6 Å². The van der Waals surface area contributed by atoms with Gasteiger partial charge < -0.3 is 5.73 Å². The summed E-state index contributed by atoms with van der Waals surface area (Å²) in [7, 11) is 0. The molecule has 1 aliphatic heterocycles. The summed E-state index contributed by atoms with van der Waals surface area (Å²) in [6.45, 7) is 2.13. The van der Waals surface area contributed by atoms with Crippen LogP contribution in [0.1, 0.15) is 19.3 Å². The lowest BCUT2D eigenvalue weighted by Crippen LogP contribution is -2.29. The molecule has 10 heavy (non-hydrogen) atoms. The number of nitrogens with two attached hydrogens (primary N) is 1. The number of alkyl halides is 1. The molecule has 0 aliphatic carbocycles. The molecular formula is C7H15IN2. The van der Waals surface area contributed by atoms with Gasteiger partial charge in [0.15, 0.2) is 0 Å². The van der Waals surface area contributed by atoms with Crippen molar-refractivity contribution in [2.45, 2.75) is 25.3 Å². The van der Waals surface area contributed by atoms with Crippen molar-refractivity contribution in [3.05, 3.63) is 0 Å². The maximum atomic E-state index is 5.50. The molecule has 0 aromatic rings. The SMILES string of the molecule is NCCC1CCCN1CI. The molecule has 1 heterocycles. The Morgan fingerprint density at radius 1 is 1.60 bits per heavy atom. The van der Waals surface area contributed by atoms with Crippen LogP contribution < -0.4 is 5.73 Å². The van der Waals surface area contributed by atoms with E-state index in [2.05, 4.69) is 27.5 Å². The first-order valence-electron chi connectivity index (χ1n) is 3.88.